The van der Waals surface area contributed by atoms with Crippen molar-refractivity contribution in [2.75, 3.05) is 0 Å². The van der Waals surface area contributed by atoms with Gasteiger partial charge >= 0.3 is 0 Å². The van der Waals surface area contributed by atoms with E-state index in [1.165, 1.54) is 19.3 Å². The van der Waals surface area contributed by atoms with E-state index < -0.39 is 6.10 Å². The van der Waals surface area contributed by atoms with Gasteiger partial charge in [0.1, 0.15) is 0 Å². The van der Waals surface area contributed by atoms with Crippen LogP contribution < -0.4 is 0 Å². The maximum Gasteiger partial charge on any atom is 0.0959 e. The molecule has 0 aromatic carbocycles. The van der Waals surface area contributed by atoms with E-state index in [9.17, 15) is 15.3 Å². The van der Waals surface area contributed by atoms with Crippen LogP contribution in [0.15, 0.2) is 36.5 Å². The number of nitrogens with zero attached hydrogens (tertiary/aromatic N) is 1. The molecule has 4 nitrogen and oxygen atoms in total. The Kier molecular flexibility index (Phi) is 13.1. The largest absolute Gasteiger partial charge is 0.393 e. The molecule has 1 aromatic rings. The quantitative estimate of drug-likeness (QED) is 0.312. The Labute approximate surface area is 159 Å². The second-order valence-electron chi connectivity index (χ2n) is 7.14. The van der Waals surface area contributed by atoms with Crippen LogP contribution in [-0.2, 0) is 0 Å². The van der Waals surface area contributed by atoms with Crippen LogP contribution in [0.4, 0.5) is 0 Å². The molecule has 3 atom stereocenters. The van der Waals surface area contributed by atoms with E-state index in [0.29, 0.717) is 31.4 Å². The van der Waals surface area contributed by atoms with Gasteiger partial charge in [0.2, 0.25) is 0 Å². The van der Waals surface area contributed by atoms with Crippen LogP contribution in [0.25, 0.3) is 0 Å². The SMILES string of the molecule is CCCCC/C=C/CC(O)CCCC(O)CCCC(O)c1ccccn1. The zero-order chi connectivity index (χ0) is 19.0. The lowest BCUT2D eigenvalue weighted by atomic mass is 10.0. The summed E-state index contributed by atoms with van der Waals surface area (Å²) in [6, 6.07) is 5.52. The summed E-state index contributed by atoms with van der Waals surface area (Å²) in [5, 5.41) is 30.1. The van der Waals surface area contributed by atoms with Crippen LogP contribution in [-0.4, -0.2) is 32.5 Å². The van der Waals surface area contributed by atoms with Crippen LogP contribution in [0.3, 0.4) is 0 Å². The van der Waals surface area contributed by atoms with Gasteiger partial charge in [0.25, 0.3) is 0 Å². The van der Waals surface area contributed by atoms with Crippen molar-refractivity contribution in [1.82, 2.24) is 4.98 Å². The summed E-state index contributed by atoms with van der Waals surface area (Å²) in [6.07, 6.45) is 14.6. The molecule has 0 bridgehead atoms. The van der Waals surface area contributed by atoms with E-state index in [1.54, 1.807) is 6.20 Å². The average Bonchev–Trinajstić information content (AvgIpc) is 2.65. The van der Waals surface area contributed by atoms with Crippen molar-refractivity contribution < 1.29 is 15.3 Å². The van der Waals surface area contributed by atoms with Crippen molar-refractivity contribution in [3.05, 3.63) is 42.2 Å². The van der Waals surface area contributed by atoms with Gasteiger partial charge < -0.3 is 15.3 Å². The van der Waals surface area contributed by atoms with Crippen molar-refractivity contribution in [3.8, 4) is 0 Å². The van der Waals surface area contributed by atoms with Gasteiger partial charge in [-0.25, -0.2) is 0 Å². The van der Waals surface area contributed by atoms with Gasteiger partial charge in [-0.1, -0.05) is 38.0 Å². The highest BCUT2D eigenvalue weighted by Crippen LogP contribution is 2.19. The topological polar surface area (TPSA) is 73.6 Å². The van der Waals surface area contributed by atoms with Gasteiger partial charge in [0, 0.05) is 6.20 Å². The zero-order valence-electron chi connectivity index (χ0n) is 16.3. The van der Waals surface area contributed by atoms with E-state index in [4.69, 9.17) is 0 Å². The van der Waals surface area contributed by atoms with E-state index in [0.717, 1.165) is 25.7 Å². The van der Waals surface area contributed by atoms with E-state index >= 15 is 0 Å². The van der Waals surface area contributed by atoms with Gasteiger partial charge in [0.05, 0.1) is 24.0 Å². The molecule has 0 aliphatic heterocycles. The molecule has 148 valence electrons. The second-order valence-corrected chi connectivity index (χ2v) is 7.14. The summed E-state index contributed by atoms with van der Waals surface area (Å²) in [5.41, 5.74) is 0.688. The molecule has 0 amide bonds. The third-order valence-corrected chi connectivity index (χ3v) is 4.67. The van der Waals surface area contributed by atoms with Crippen molar-refractivity contribution in [2.45, 2.75) is 95.9 Å². The van der Waals surface area contributed by atoms with Crippen LogP contribution in [0.2, 0.25) is 0 Å². The van der Waals surface area contributed by atoms with Gasteiger partial charge in [-0.2, -0.15) is 0 Å². The Bertz CT molecular complexity index is 464. The molecule has 1 rings (SSSR count). The summed E-state index contributed by atoms with van der Waals surface area (Å²) >= 11 is 0. The molecule has 0 fully saturated rings. The monoisotopic (exact) mass is 363 g/mol. The van der Waals surface area contributed by atoms with Crippen LogP contribution >= 0.6 is 0 Å². The number of hydrogen-bond acceptors (Lipinski definition) is 4. The lowest BCUT2D eigenvalue weighted by Gasteiger charge is -2.14. The van der Waals surface area contributed by atoms with Gasteiger partial charge in [-0.3, -0.25) is 4.98 Å². The van der Waals surface area contributed by atoms with Crippen LogP contribution in [0.5, 0.6) is 0 Å². The molecule has 0 aliphatic rings. The molecule has 26 heavy (non-hydrogen) atoms. The van der Waals surface area contributed by atoms with Crippen molar-refractivity contribution in [1.29, 1.82) is 0 Å². The summed E-state index contributed by atoms with van der Waals surface area (Å²) in [5.74, 6) is 0. The van der Waals surface area contributed by atoms with Crippen molar-refractivity contribution in [2.24, 2.45) is 0 Å². The molecule has 1 heterocycles. The normalized spacial score (nSPS) is 15.2. The fraction of sp³-hybridized carbons (Fsp3) is 0.682. The van der Waals surface area contributed by atoms with Crippen LogP contribution in [0, 0.1) is 0 Å². The number of hydrogen-bond donors (Lipinski definition) is 3. The summed E-state index contributed by atoms with van der Waals surface area (Å²) in [6.45, 7) is 2.20. The number of unbranched alkanes of at least 4 members (excludes halogenated alkanes) is 3. The van der Waals surface area contributed by atoms with E-state index in [2.05, 4.69) is 24.1 Å². The average molecular weight is 364 g/mol. The number of rotatable bonds is 15. The minimum absolute atomic E-state index is 0.310. The molecule has 0 radical (unpaired) electrons. The minimum atomic E-state index is -0.561. The summed E-state index contributed by atoms with van der Waals surface area (Å²) in [4.78, 5) is 4.14. The highest BCUT2D eigenvalue weighted by Gasteiger charge is 2.11. The number of aliphatic hydroxyl groups excluding tert-OH is 3. The van der Waals surface area contributed by atoms with Gasteiger partial charge in [0.15, 0.2) is 0 Å². The molecule has 0 saturated heterocycles. The number of pyridine rings is 1. The Morgan fingerprint density at radius 2 is 1.62 bits per heavy atom. The molecule has 4 heteroatoms. The molecule has 0 spiro atoms. The maximum absolute atomic E-state index is 10.0. The first-order valence-electron chi connectivity index (χ1n) is 10.2. The summed E-state index contributed by atoms with van der Waals surface area (Å²) in [7, 11) is 0. The fourth-order valence-electron chi connectivity index (χ4n) is 3.00. The summed E-state index contributed by atoms with van der Waals surface area (Å²) < 4.78 is 0. The standard InChI is InChI=1S/C22H37NO3/c1-2-3-4-5-6-7-12-19(24)13-10-14-20(25)15-11-17-22(26)21-16-8-9-18-23-21/h6-9,16,18-20,22,24-26H,2-5,10-15,17H2,1H3/b7-6+. The first kappa shape index (κ1) is 22.8. The highest BCUT2D eigenvalue weighted by atomic mass is 16.3. The minimum Gasteiger partial charge on any atom is -0.393 e. The molecular weight excluding hydrogens is 326 g/mol. The number of aliphatic hydroxyl groups is 3. The third kappa shape index (κ3) is 11.4. The molecule has 3 N–H and O–H groups in total. The van der Waals surface area contributed by atoms with Gasteiger partial charge in [-0.05, 0) is 69.9 Å². The number of allylic oxidation sites excluding steroid dienone is 1. The Balaban J connectivity index is 2.03. The molecule has 1 aromatic heterocycles. The third-order valence-electron chi connectivity index (χ3n) is 4.67. The molecular formula is C22H37NO3. The number of aromatic nitrogens is 1. The second kappa shape index (κ2) is 14.9. The van der Waals surface area contributed by atoms with Crippen molar-refractivity contribution in [3.63, 3.8) is 0 Å². The van der Waals surface area contributed by atoms with E-state index in [-0.39, 0.29) is 12.2 Å². The van der Waals surface area contributed by atoms with E-state index in [1.807, 2.05) is 18.2 Å². The van der Waals surface area contributed by atoms with Gasteiger partial charge in [-0.15, -0.1) is 0 Å². The Morgan fingerprint density at radius 1 is 0.885 bits per heavy atom. The predicted octanol–water partition coefficient (Wildman–Crippen LogP) is 4.70. The smallest absolute Gasteiger partial charge is 0.0959 e. The lowest BCUT2D eigenvalue weighted by molar-refractivity contribution is 0.116. The molecule has 0 aliphatic carbocycles. The van der Waals surface area contributed by atoms with Crippen molar-refractivity contribution >= 4 is 0 Å². The fourth-order valence-corrected chi connectivity index (χ4v) is 3.00. The first-order chi connectivity index (χ1) is 12.6. The predicted molar refractivity (Wildman–Crippen MR) is 107 cm³/mol. The Morgan fingerprint density at radius 3 is 2.31 bits per heavy atom. The highest BCUT2D eigenvalue weighted by molar-refractivity contribution is 5.06. The Hall–Kier alpha value is -1.23. The molecule has 0 saturated carbocycles. The maximum atomic E-state index is 10.0. The first-order valence-corrected chi connectivity index (χ1v) is 10.2. The zero-order valence-corrected chi connectivity index (χ0v) is 16.3. The van der Waals surface area contributed by atoms with Crippen LogP contribution in [0.1, 0.15) is 89.4 Å². The molecule has 3 unspecified atom stereocenters. The lowest BCUT2D eigenvalue weighted by Crippen LogP contribution is -2.10.